The SMILES string of the molecule is Cc1cc(Nc2cccc(OCCN3CCC4(CC3)OCCO4)c2)c2ccccc2n1. The second-order valence-electron chi connectivity index (χ2n) is 8.28. The molecular formula is C25H29N3O3. The fourth-order valence-corrected chi connectivity index (χ4v) is 4.43. The quantitative estimate of drug-likeness (QED) is 0.635. The van der Waals surface area contributed by atoms with Crippen LogP contribution in [0.1, 0.15) is 18.5 Å². The summed E-state index contributed by atoms with van der Waals surface area (Å²) in [6, 6.07) is 18.4. The van der Waals surface area contributed by atoms with E-state index in [9.17, 15) is 0 Å². The number of para-hydroxylation sites is 1. The lowest BCUT2D eigenvalue weighted by atomic mass is 10.0. The predicted octanol–water partition coefficient (Wildman–Crippen LogP) is 4.50. The maximum absolute atomic E-state index is 6.06. The summed E-state index contributed by atoms with van der Waals surface area (Å²) in [5.74, 6) is 0.559. The van der Waals surface area contributed by atoms with Gasteiger partial charge in [0.1, 0.15) is 12.4 Å². The monoisotopic (exact) mass is 419 g/mol. The molecule has 1 N–H and O–H groups in total. The number of rotatable bonds is 6. The number of likely N-dealkylation sites (tertiary alicyclic amines) is 1. The van der Waals surface area contributed by atoms with Crippen LogP contribution >= 0.6 is 0 Å². The van der Waals surface area contributed by atoms with Gasteiger partial charge >= 0.3 is 0 Å². The summed E-state index contributed by atoms with van der Waals surface area (Å²) in [5.41, 5.74) is 4.04. The van der Waals surface area contributed by atoms with Crippen LogP contribution in [0, 0.1) is 6.92 Å². The number of nitrogens with zero attached hydrogens (tertiary/aromatic N) is 2. The summed E-state index contributed by atoms with van der Waals surface area (Å²) in [6.45, 7) is 7.01. The Morgan fingerprint density at radius 2 is 1.84 bits per heavy atom. The van der Waals surface area contributed by atoms with E-state index in [-0.39, 0.29) is 5.79 Å². The Morgan fingerprint density at radius 3 is 2.68 bits per heavy atom. The van der Waals surface area contributed by atoms with Crippen LogP contribution in [0.2, 0.25) is 0 Å². The van der Waals surface area contributed by atoms with Crippen molar-refractivity contribution in [2.45, 2.75) is 25.6 Å². The molecule has 3 aromatic rings. The molecule has 0 atom stereocenters. The number of benzene rings is 2. The van der Waals surface area contributed by atoms with Crippen LogP contribution in [-0.2, 0) is 9.47 Å². The number of pyridine rings is 1. The molecule has 6 heteroatoms. The topological polar surface area (TPSA) is 55.9 Å². The highest BCUT2D eigenvalue weighted by Gasteiger charge is 2.39. The van der Waals surface area contributed by atoms with Crippen molar-refractivity contribution in [3.05, 3.63) is 60.3 Å². The molecular weight excluding hydrogens is 390 g/mol. The van der Waals surface area contributed by atoms with Gasteiger partial charge in [-0.1, -0.05) is 24.3 Å². The molecule has 2 fully saturated rings. The molecule has 2 aliphatic heterocycles. The number of ether oxygens (including phenoxy) is 3. The second-order valence-corrected chi connectivity index (χ2v) is 8.28. The van der Waals surface area contributed by atoms with Gasteiger partial charge in [-0.25, -0.2) is 0 Å². The minimum Gasteiger partial charge on any atom is -0.492 e. The Balaban J connectivity index is 1.18. The van der Waals surface area contributed by atoms with Gasteiger partial charge in [0.15, 0.2) is 5.79 Å². The van der Waals surface area contributed by atoms with E-state index in [1.54, 1.807) is 0 Å². The molecule has 0 radical (unpaired) electrons. The summed E-state index contributed by atoms with van der Waals surface area (Å²) in [7, 11) is 0. The summed E-state index contributed by atoms with van der Waals surface area (Å²) in [4.78, 5) is 7.04. The first-order valence-corrected chi connectivity index (χ1v) is 11.1. The van der Waals surface area contributed by atoms with Gasteiger partial charge < -0.3 is 19.5 Å². The molecule has 2 aromatic carbocycles. The van der Waals surface area contributed by atoms with Crippen molar-refractivity contribution in [2.24, 2.45) is 0 Å². The average molecular weight is 420 g/mol. The van der Waals surface area contributed by atoms with Crippen molar-refractivity contribution < 1.29 is 14.2 Å². The molecule has 0 aliphatic carbocycles. The van der Waals surface area contributed by atoms with E-state index in [0.29, 0.717) is 6.61 Å². The first-order valence-electron chi connectivity index (χ1n) is 11.1. The second kappa shape index (κ2) is 8.83. The van der Waals surface area contributed by atoms with Crippen LogP contribution in [0.15, 0.2) is 54.6 Å². The standard InChI is InChI=1S/C25H29N3O3/c1-19-17-24(22-7-2-3-8-23(22)26-19)27-20-5-4-6-21(18-20)29-14-13-28-11-9-25(10-12-28)30-15-16-31-25/h2-8,17-18H,9-16H2,1H3,(H,26,27). The van der Waals surface area contributed by atoms with E-state index < -0.39 is 0 Å². The highest BCUT2D eigenvalue weighted by Crippen LogP contribution is 2.31. The van der Waals surface area contributed by atoms with Crippen LogP contribution in [0.25, 0.3) is 10.9 Å². The van der Waals surface area contributed by atoms with E-state index in [1.165, 1.54) is 0 Å². The number of hydrogen-bond acceptors (Lipinski definition) is 6. The molecule has 0 saturated carbocycles. The maximum atomic E-state index is 6.06. The lowest BCUT2D eigenvalue weighted by molar-refractivity contribution is -0.185. The van der Waals surface area contributed by atoms with E-state index in [4.69, 9.17) is 14.2 Å². The molecule has 0 bridgehead atoms. The largest absolute Gasteiger partial charge is 0.492 e. The smallest absolute Gasteiger partial charge is 0.170 e. The average Bonchev–Trinajstić information content (AvgIpc) is 3.23. The fourth-order valence-electron chi connectivity index (χ4n) is 4.43. The zero-order chi connectivity index (χ0) is 21.1. The number of fused-ring (bicyclic) bond motifs is 1. The summed E-state index contributed by atoms with van der Waals surface area (Å²) in [5, 5.41) is 4.65. The Hall–Kier alpha value is -2.67. The predicted molar refractivity (Wildman–Crippen MR) is 122 cm³/mol. The molecule has 31 heavy (non-hydrogen) atoms. The zero-order valence-electron chi connectivity index (χ0n) is 18.0. The number of anilines is 2. The molecule has 0 unspecified atom stereocenters. The van der Waals surface area contributed by atoms with Crippen molar-refractivity contribution >= 4 is 22.3 Å². The van der Waals surface area contributed by atoms with Gasteiger partial charge in [0, 0.05) is 61.0 Å². The lowest BCUT2D eigenvalue weighted by Gasteiger charge is -2.37. The number of nitrogens with one attached hydrogen (secondary N) is 1. The highest BCUT2D eigenvalue weighted by molar-refractivity contribution is 5.93. The van der Waals surface area contributed by atoms with Crippen molar-refractivity contribution in [2.75, 3.05) is 44.8 Å². The normalized spacial score (nSPS) is 18.5. The van der Waals surface area contributed by atoms with E-state index in [2.05, 4.69) is 39.5 Å². The van der Waals surface area contributed by atoms with Crippen LogP contribution in [0.4, 0.5) is 11.4 Å². The molecule has 2 aliphatic rings. The fraction of sp³-hybridized carbons (Fsp3) is 0.400. The Labute approximate surface area is 183 Å². The first kappa shape index (κ1) is 20.2. The van der Waals surface area contributed by atoms with Crippen LogP contribution < -0.4 is 10.1 Å². The van der Waals surface area contributed by atoms with Crippen molar-refractivity contribution in [1.82, 2.24) is 9.88 Å². The molecule has 1 spiro atoms. The van der Waals surface area contributed by atoms with Gasteiger partial charge in [0.05, 0.1) is 18.7 Å². The minimum atomic E-state index is -0.313. The van der Waals surface area contributed by atoms with E-state index in [0.717, 1.165) is 79.4 Å². The minimum absolute atomic E-state index is 0.313. The Morgan fingerprint density at radius 1 is 1.03 bits per heavy atom. The van der Waals surface area contributed by atoms with Gasteiger partial charge in [-0.2, -0.15) is 0 Å². The van der Waals surface area contributed by atoms with Gasteiger partial charge in [0.25, 0.3) is 0 Å². The summed E-state index contributed by atoms with van der Waals surface area (Å²) < 4.78 is 17.7. The van der Waals surface area contributed by atoms with Gasteiger partial charge in [-0.3, -0.25) is 9.88 Å². The third-order valence-corrected chi connectivity index (χ3v) is 6.06. The third-order valence-electron chi connectivity index (χ3n) is 6.06. The van der Waals surface area contributed by atoms with Crippen LogP contribution in [0.3, 0.4) is 0 Å². The number of aromatic nitrogens is 1. The van der Waals surface area contributed by atoms with Gasteiger partial charge in [0.2, 0.25) is 0 Å². The molecule has 0 amide bonds. The zero-order valence-corrected chi connectivity index (χ0v) is 18.0. The molecule has 6 nitrogen and oxygen atoms in total. The number of aryl methyl sites for hydroxylation is 1. The van der Waals surface area contributed by atoms with E-state index in [1.807, 2.05) is 37.3 Å². The summed E-state index contributed by atoms with van der Waals surface area (Å²) in [6.07, 6.45) is 1.87. The lowest BCUT2D eigenvalue weighted by Crippen LogP contribution is -2.46. The Bertz CT molecular complexity index is 1040. The van der Waals surface area contributed by atoms with Gasteiger partial charge in [-0.15, -0.1) is 0 Å². The van der Waals surface area contributed by atoms with Crippen LogP contribution in [-0.4, -0.2) is 55.1 Å². The summed E-state index contributed by atoms with van der Waals surface area (Å²) >= 11 is 0. The highest BCUT2D eigenvalue weighted by atomic mass is 16.7. The molecule has 1 aromatic heterocycles. The third kappa shape index (κ3) is 4.66. The van der Waals surface area contributed by atoms with Crippen molar-refractivity contribution in [3.63, 3.8) is 0 Å². The molecule has 162 valence electrons. The van der Waals surface area contributed by atoms with E-state index >= 15 is 0 Å². The first-order chi connectivity index (χ1) is 15.2. The molecule has 2 saturated heterocycles. The van der Waals surface area contributed by atoms with Crippen molar-refractivity contribution in [3.8, 4) is 5.75 Å². The van der Waals surface area contributed by atoms with Gasteiger partial charge in [-0.05, 0) is 31.2 Å². The number of hydrogen-bond donors (Lipinski definition) is 1. The molecule has 3 heterocycles. The van der Waals surface area contributed by atoms with Crippen LogP contribution in [0.5, 0.6) is 5.75 Å². The Kier molecular flexibility index (Phi) is 5.76. The maximum Gasteiger partial charge on any atom is 0.170 e. The molecule has 5 rings (SSSR count). The van der Waals surface area contributed by atoms with Crippen molar-refractivity contribution in [1.29, 1.82) is 0 Å². The number of piperidine rings is 1.